The second kappa shape index (κ2) is 4.49. The average Bonchev–Trinajstić information content (AvgIpc) is 2.41. The molecule has 0 aliphatic carbocycles. The summed E-state index contributed by atoms with van der Waals surface area (Å²) < 4.78 is 5.88. The van der Waals surface area contributed by atoms with Gasteiger partial charge in [0, 0.05) is 5.56 Å². The fourth-order valence-electron chi connectivity index (χ4n) is 1.55. The standard InChI is InChI=1S/C9H11BrN2OS/c1-13-8-6-2-4-14-5-3-7(6)11-9(10)12-8/h2-5H2,1H3. The largest absolute Gasteiger partial charge is 0.481 e. The van der Waals surface area contributed by atoms with Gasteiger partial charge in [0.15, 0.2) is 4.73 Å². The summed E-state index contributed by atoms with van der Waals surface area (Å²) in [5, 5.41) is 0. The van der Waals surface area contributed by atoms with Gasteiger partial charge in [0.25, 0.3) is 0 Å². The van der Waals surface area contributed by atoms with Gasteiger partial charge in [-0.2, -0.15) is 16.7 Å². The lowest BCUT2D eigenvalue weighted by atomic mass is 10.1. The maximum atomic E-state index is 5.26. The van der Waals surface area contributed by atoms with E-state index in [1.807, 2.05) is 11.8 Å². The smallest absolute Gasteiger partial charge is 0.220 e. The van der Waals surface area contributed by atoms with Gasteiger partial charge in [-0.1, -0.05) is 0 Å². The molecule has 0 aromatic carbocycles. The fourth-order valence-corrected chi connectivity index (χ4v) is 2.82. The van der Waals surface area contributed by atoms with Crippen LogP contribution in [0.2, 0.25) is 0 Å². The number of ether oxygens (including phenoxy) is 1. The van der Waals surface area contributed by atoms with E-state index in [-0.39, 0.29) is 0 Å². The topological polar surface area (TPSA) is 35.0 Å². The molecule has 1 aliphatic rings. The molecular weight excluding hydrogens is 264 g/mol. The minimum atomic E-state index is 0.625. The Morgan fingerprint density at radius 2 is 2.07 bits per heavy atom. The highest BCUT2D eigenvalue weighted by molar-refractivity contribution is 9.10. The van der Waals surface area contributed by atoms with Crippen LogP contribution in [0.25, 0.3) is 0 Å². The van der Waals surface area contributed by atoms with Crippen LogP contribution in [0.4, 0.5) is 0 Å². The molecule has 0 saturated carbocycles. The Kier molecular flexibility index (Phi) is 3.28. The molecule has 0 atom stereocenters. The molecular formula is C9H11BrN2OS. The molecule has 5 heteroatoms. The minimum absolute atomic E-state index is 0.625. The Morgan fingerprint density at radius 1 is 1.29 bits per heavy atom. The van der Waals surface area contributed by atoms with Crippen LogP contribution < -0.4 is 4.74 Å². The second-order valence-electron chi connectivity index (χ2n) is 3.04. The van der Waals surface area contributed by atoms with Crippen LogP contribution in [-0.2, 0) is 12.8 Å². The van der Waals surface area contributed by atoms with Crippen molar-refractivity contribution in [2.24, 2.45) is 0 Å². The molecule has 0 spiro atoms. The van der Waals surface area contributed by atoms with E-state index in [0.717, 1.165) is 35.9 Å². The first kappa shape index (κ1) is 10.2. The Bertz CT molecular complexity index is 346. The maximum Gasteiger partial charge on any atom is 0.220 e. The molecule has 76 valence electrons. The zero-order chi connectivity index (χ0) is 9.97. The minimum Gasteiger partial charge on any atom is -0.481 e. The van der Waals surface area contributed by atoms with Gasteiger partial charge >= 0.3 is 0 Å². The van der Waals surface area contributed by atoms with Crippen molar-refractivity contribution in [2.45, 2.75) is 12.8 Å². The molecule has 14 heavy (non-hydrogen) atoms. The molecule has 0 N–H and O–H groups in total. The van der Waals surface area contributed by atoms with Crippen molar-refractivity contribution in [2.75, 3.05) is 18.6 Å². The number of fused-ring (bicyclic) bond motifs is 1. The fraction of sp³-hybridized carbons (Fsp3) is 0.556. The van der Waals surface area contributed by atoms with Gasteiger partial charge in [0.1, 0.15) is 0 Å². The summed E-state index contributed by atoms with van der Waals surface area (Å²) >= 11 is 5.26. The van der Waals surface area contributed by atoms with E-state index < -0.39 is 0 Å². The molecule has 1 aromatic rings. The first-order valence-electron chi connectivity index (χ1n) is 4.48. The van der Waals surface area contributed by atoms with Crippen LogP contribution in [0, 0.1) is 0 Å². The molecule has 1 aromatic heterocycles. The first-order chi connectivity index (χ1) is 6.81. The van der Waals surface area contributed by atoms with Crippen LogP contribution in [0.1, 0.15) is 11.3 Å². The Morgan fingerprint density at radius 3 is 2.86 bits per heavy atom. The summed E-state index contributed by atoms with van der Waals surface area (Å²) in [5.41, 5.74) is 2.31. The predicted molar refractivity (Wildman–Crippen MR) is 61.0 cm³/mol. The van der Waals surface area contributed by atoms with Crippen molar-refractivity contribution >= 4 is 27.7 Å². The highest BCUT2D eigenvalue weighted by atomic mass is 79.9. The van der Waals surface area contributed by atoms with E-state index in [1.165, 1.54) is 5.56 Å². The molecule has 0 saturated heterocycles. The molecule has 0 bridgehead atoms. The zero-order valence-corrected chi connectivity index (χ0v) is 10.3. The molecule has 0 amide bonds. The predicted octanol–water partition coefficient (Wildman–Crippen LogP) is 2.08. The van der Waals surface area contributed by atoms with Gasteiger partial charge in [-0.25, -0.2) is 4.98 Å². The number of thioether (sulfide) groups is 1. The number of aromatic nitrogens is 2. The third-order valence-electron chi connectivity index (χ3n) is 2.20. The summed E-state index contributed by atoms with van der Waals surface area (Å²) in [4.78, 5) is 8.62. The van der Waals surface area contributed by atoms with Crippen molar-refractivity contribution in [1.82, 2.24) is 9.97 Å². The summed E-state index contributed by atoms with van der Waals surface area (Å²) in [6.07, 6.45) is 2.02. The number of rotatable bonds is 1. The van der Waals surface area contributed by atoms with Crippen molar-refractivity contribution in [1.29, 1.82) is 0 Å². The quantitative estimate of drug-likeness (QED) is 0.735. The van der Waals surface area contributed by atoms with E-state index in [1.54, 1.807) is 7.11 Å². The molecule has 0 radical (unpaired) electrons. The third-order valence-corrected chi connectivity index (χ3v) is 3.54. The normalized spacial score (nSPS) is 15.9. The van der Waals surface area contributed by atoms with Gasteiger partial charge in [0.05, 0.1) is 12.8 Å². The summed E-state index contributed by atoms with van der Waals surface area (Å²) in [5.74, 6) is 3.00. The monoisotopic (exact) mass is 274 g/mol. The Balaban J connectivity index is 2.46. The van der Waals surface area contributed by atoms with Crippen LogP contribution >= 0.6 is 27.7 Å². The van der Waals surface area contributed by atoms with Crippen molar-refractivity contribution in [3.05, 3.63) is 16.0 Å². The summed E-state index contributed by atoms with van der Waals surface area (Å²) in [7, 11) is 1.66. The van der Waals surface area contributed by atoms with Crippen molar-refractivity contribution < 1.29 is 4.74 Å². The lowest BCUT2D eigenvalue weighted by molar-refractivity contribution is 0.389. The molecule has 2 rings (SSSR count). The third kappa shape index (κ3) is 2.03. The van der Waals surface area contributed by atoms with E-state index in [2.05, 4.69) is 25.9 Å². The van der Waals surface area contributed by atoms with Crippen LogP contribution in [0.15, 0.2) is 4.73 Å². The van der Waals surface area contributed by atoms with Gasteiger partial charge in [-0.15, -0.1) is 0 Å². The number of methoxy groups -OCH3 is 1. The Hall–Kier alpha value is -0.290. The Labute approximate surface area is 95.8 Å². The lowest BCUT2D eigenvalue weighted by Crippen LogP contribution is -2.04. The molecule has 1 aliphatic heterocycles. The van der Waals surface area contributed by atoms with Crippen LogP contribution in [0.3, 0.4) is 0 Å². The van der Waals surface area contributed by atoms with E-state index in [4.69, 9.17) is 4.74 Å². The average molecular weight is 275 g/mol. The number of nitrogens with zero attached hydrogens (tertiary/aromatic N) is 2. The SMILES string of the molecule is COc1nc(Br)nc2c1CCSCC2. The molecule has 0 unspecified atom stereocenters. The van der Waals surface area contributed by atoms with Crippen molar-refractivity contribution in [3.8, 4) is 5.88 Å². The van der Waals surface area contributed by atoms with Crippen LogP contribution in [-0.4, -0.2) is 28.6 Å². The summed E-state index contributed by atoms with van der Waals surface area (Å²) in [6.45, 7) is 0. The number of aryl methyl sites for hydroxylation is 1. The lowest BCUT2D eigenvalue weighted by Gasteiger charge is -2.09. The zero-order valence-electron chi connectivity index (χ0n) is 7.92. The highest BCUT2D eigenvalue weighted by Crippen LogP contribution is 2.26. The van der Waals surface area contributed by atoms with E-state index >= 15 is 0 Å². The number of hydrogen-bond acceptors (Lipinski definition) is 4. The van der Waals surface area contributed by atoms with Gasteiger partial charge in [-0.3, -0.25) is 0 Å². The van der Waals surface area contributed by atoms with Crippen molar-refractivity contribution in [3.63, 3.8) is 0 Å². The molecule has 2 heterocycles. The van der Waals surface area contributed by atoms with E-state index in [9.17, 15) is 0 Å². The number of halogens is 1. The van der Waals surface area contributed by atoms with Gasteiger partial charge < -0.3 is 4.74 Å². The molecule has 3 nitrogen and oxygen atoms in total. The first-order valence-corrected chi connectivity index (χ1v) is 6.43. The van der Waals surface area contributed by atoms with Crippen LogP contribution in [0.5, 0.6) is 5.88 Å². The highest BCUT2D eigenvalue weighted by Gasteiger charge is 2.16. The molecule has 0 fully saturated rings. The van der Waals surface area contributed by atoms with Gasteiger partial charge in [0.2, 0.25) is 5.88 Å². The summed E-state index contributed by atoms with van der Waals surface area (Å²) in [6, 6.07) is 0. The second-order valence-corrected chi connectivity index (χ2v) is 4.97. The van der Waals surface area contributed by atoms with E-state index in [0.29, 0.717) is 4.73 Å². The van der Waals surface area contributed by atoms with Gasteiger partial charge in [-0.05, 0) is 40.3 Å². The number of hydrogen-bond donors (Lipinski definition) is 0. The maximum absolute atomic E-state index is 5.26.